The fourth-order valence-corrected chi connectivity index (χ4v) is 3.23. The summed E-state index contributed by atoms with van der Waals surface area (Å²) >= 11 is 9.63. The second kappa shape index (κ2) is 5.23. The second-order valence-corrected chi connectivity index (χ2v) is 6.16. The first-order chi connectivity index (χ1) is 9.58. The SMILES string of the molecule is Cc1cc(Br)cc(-n2c(CCl)nc3ccc(C)cc32)c1. The number of hydrogen-bond donors (Lipinski definition) is 0. The molecule has 1 aromatic heterocycles. The van der Waals surface area contributed by atoms with Gasteiger partial charge >= 0.3 is 0 Å². The molecule has 0 saturated carbocycles. The Kier molecular flexibility index (Phi) is 3.57. The van der Waals surface area contributed by atoms with Crippen molar-refractivity contribution in [1.29, 1.82) is 0 Å². The van der Waals surface area contributed by atoms with E-state index in [4.69, 9.17) is 11.6 Å². The summed E-state index contributed by atoms with van der Waals surface area (Å²) in [6.07, 6.45) is 0. The summed E-state index contributed by atoms with van der Waals surface area (Å²) in [4.78, 5) is 4.62. The van der Waals surface area contributed by atoms with Crippen molar-refractivity contribution >= 4 is 38.6 Å². The summed E-state index contributed by atoms with van der Waals surface area (Å²) in [5, 5.41) is 0. The number of rotatable bonds is 2. The number of aryl methyl sites for hydroxylation is 2. The van der Waals surface area contributed by atoms with Crippen LogP contribution in [0.15, 0.2) is 40.9 Å². The van der Waals surface area contributed by atoms with Crippen LogP contribution in [0, 0.1) is 13.8 Å². The fourth-order valence-electron chi connectivity index (χ4n) is 2.46. The molecule has 0 fully saturated rings. The van der Waals surface area contributed by atoms with Crippen LogP contribution in [0.1, 0.15) is 17.0 Å². The number of alkyl halides is 1. The van der Waals surface area contributed by atoms with Gasteiger partial charge in [0.05, 0.1) is 16.9 Å². The molecule has 4 heteroatoms. The minimum atomic E-state index is 0.388. The Hall–Kier alpha value is -1.32. The Balaban J connectivity index is 2.35. The van der Waals surface area contributed by atoms with Crippen molar-refractivity contribution in [2.45, 2.75) is 19.7 Å². The number of fused-ring (bicyclic) bond motifs is 1. The largest absolute Gasteiger partial charge is 0.295 e. The van der Waals surface area contributed by atoms with Crippen LogP contribution in [0.3, 0.4) is 0 Å². The molecule has 0 atom stereocenters. The Bertz CT molecular complexity index is 772. The van der Waals surface area contributed by atoms with Gasteiger partial charge in [0.25, 0.3) is 0 Å². The van der Waals surface area contributed by atoms with Crippen molar-refractivity contribution in [3.05, 3.63) is 57.8 Å². The van der Waals surface area contributed by atoms with Crippen molar-refractivity contribution in [2.75, 3.05) is 0 Å². The lowest BCUT2D eigenvalue weighted by Gasteiger charge is -2.10. The number of aromatic nitrogens is 2. The first kappa shape index (κ1) is 13.7. The lowest BCUT2D eigenvalue weighted by atomic mass is 10.2. The van der Waals surface area contributed by atoms with E-state index in [1.165, 1.54) is 11.1 Å². The van der Waals surface area contributed by atoms with E-state index in [1.54, 1.807) is 0 Å². The Morgan fingerprint density at radius 3 is 2.60 bits per heavy atom. The average Bonchev–Trinajstić information content (AvgIpc) is 2.75. The van der Waals surface area contributed by atoms with Gasteiger partial charge in [-0.05, 0) is 55.3 Å². The molecule has 2 nitrogen and oxygen atoms in total. The van der Waals surface area contributed by atoms with Gasteiger partial charge in [0.15, 0.2) is 0 Å². The van der Waals surface area contributed by atoms with Crippen LogP contribution in [0.25, 0.3) is 16.7 Å². The average molecular weight is 350 g/mol. The van der Waals surface area contributed by atoms with Gasteiger partial charge in [0, 0.05) is 10.2 Å². The minimum absolute atomic E-state index is 0.388. The van der Waals surface area contributed by atoms with Gasteiger partial charge in [0.2, 0.25) is 0 Å². The highest BCUT2D eigenvalue weighted by Gasteiger charge is 2.12. The van der Waals surface area contributed by atoms with Gasteiger partial charge in [-0.3, -0.25) is 4.57 Å². The summed E-state index contributed by atoms with van der Waals surface area (Å²) in [6, 6.07) is 12.6. The molecular formula is C16H14BrClN2. The fraction of sp³-hybridized carbons (Fsp3) is 0.188. The number of benzene rings is 2. The number of nitrogens with zero attached hydrogens (tertiary/aromatic N) is 2. The van der Waals surface area contributed by atoms with Gasteiger partial charge < -0.3 is 0 Å². The molecule has 0 aliphatic rings. The van der Waals surface area contributed by atoms with E-state index in [0.717, 1.165) is 27.0 Å². The van der Waals surface area contributed by atoms with E-state index >= 15 is 0 Å². The number of halogens is 2. The third-order valence-electron chi connectivity index (χ3n) is 3.28. The van der Waals surface area contributed by atoms with E-state index in [1.807, 2.05) is 6.07 Å². The van der Waals surface area contributed by atoms with E-state index in [2.05, 4.69) is 69.7 Å². The number of hydrogen-bond acceptors (Lipinski definition) is 1. The summed E-state index contributed by atoms with van der Waals surface area (Å²) in [5.74, 6) is 1.25. The Labute approximate surface area is 131 Å². The van der Waals surface area contributed by atoms with Crippen LogP contribution in [0.2, 0.25) is 0 Å². The van der Waals surface area contributed by atoms with Crippen LogP contribution in [-0.4, -0.2) is 9.55 Å². The van der Waals surface area contributed by atoms with Gasteiger partial charge in [-0.2, -0.15) is 0 Å². The molecule has 0 bridgehead atoms. The molecular weight excluding hydrogens is 336 g/mol. The smallest absolute Gasteiger partial charge is 0.129 e. The predicted octanol–water partition coefficient (Wildman–Crippen LogP) is 5.14. The molecule has 20 heavy (non-hydrogen) atoms. The highest BCUT2D eigenvalue weighted by Crippen LogP contribution is 2.26. The van der Waals surface area contributed by atoms with Gasteiger partial charge in [-0.25, -0.2) is 4.98 Å². The standard InChI is InChI=1S/C16H14BrClN2/c1-10-3-4-14-15(7-10)20(16(9-18)19-14)13-6-11(2)5-12(17)8-13/h3-8H,9H2,1-2H3. The van der Waals surface area contributed by atoms with Crippen LogP contribution in [0.5, 0.6) is 0 Å². The molecule has 0 unspecified atom stereocenters. The van der Waals surface area contributed by atoms with Gasteiger partial charge in [-0.1, -0.05) is 22.0 Å². The maximum absolute atomic E-state index is 6.08. The summed E-state index contributed by atoms with van der Waals surface area (Å²) in [6.45, 7) is 4.17. The van der Waals surface area contributed by atoms with Crippen molar-refractivity contribution in [3.8, 4) is 5.69 Å². The molecule has 3 rings (SSSR count). The van der Waals surface area contributed by atoms with E-state index in [0.29, 0.717) is 5.88 Å². The normalized spacial score (nSPS) is 11.2. The van der Waals surface area contributed by atoms with Gasteiger partial charge in [0.1, 0.15) is 5.82 Å². The van der Waals surface area contributed by atoms with Crippen molar-refractivity contribution < 1.29 is 0 Å². The van der Waals surface area contributed by atoms with Crippen molar-refractivity contribution in [3.63, 3.8) is 0 Å². The molecule has 102 valence electrons. The minimum Gasteiger partial charge on any atom is -0.295 e. The molecule has 0 N–H and O–H groups in total. The first-order valence-corrected chi connectivity index (χ1v) is 7.73. The lowest BCUT2D eigenvalue weighted by Crippen LogP contribution is -2.00. The second-order valence-electron chi connectivity index (χ2n) is 4.98. The molecule has 0 aliphatic heterocycles. The molecule has 0 radical (unpaired) electrons. The van der Waals surface area contributed by atoms with E-state index in [-0.39, 0.29) is 0 Å². The highest BCUT2D eigenvalue weighted by atomic mass is 79.9. The number of imidazole rings is 1. The van der Waals surface area contributed by atoms with Gasteiger partial charge in [-0.15, -0.1) is 11.6 Å². The van der Waals surface area contributed by atoms with Crippen molar-refractivity contribution in [2.24, 2.45) is 0 Å². The first-order valence-electron chi connectivity index (χ1n) is 6.40. The molecule has 2 aromatic carbocycles. The van der Waals surface area contributed by atoms with Crippen LogP contribution in [-0.2, 0) is 5.88 Å². The zero-order valence-electron chi connectivity index (χ0n) is 11.3. The molecule has 3 aromatic rings. The van der Waals surface area contributed by atoms with E-state index < -0.39 is 0 Å². The monoisotopic (exact) mass is 348 g/mol. The summed E-state index contributed by atoms with van der Waals surface area (Å²) < 4.78 is 3.19. The van der Waals surface area contributed by atoms with Crippen molar-refractivity contribution in [1.82, 2.24) is 9.55 Å². The van der Waals surface area contributed by atoms with Crippen LogP contribution in [0.4, 0.5) is 0 Å². The maximum atomic E-state index is 6.08. The highest BCUT2D eigenvalue weighted by molar-refractivity contribution is 9.10. The maximum Gasteiger partial charge on any atom is 0.129 e. The third kappa shape index (κ3) is 2.36. The Morgan fingerprint density at radius 2 is 1.90 bits per heavy atom. The molecule has 0 amide bonds. The summed E-state index contributed by atoms with van der Waals surface area (Å²) in [5.41, 5.74) is 5.57. The topological polar surface area (TPSA) is 17.8 Å². The summed E-state index contributed by atoms with van der Waals surface area (Å²) in [7, 11) is 0. The van der Waals surface area contributed by atoms with Crippen LogP contribution < -0.4 is 0 Å². The quantitative estimate of drug-likeness (QED) is 0.585. The van der Waals surface area contributed by atoms with E-state index in [9.17, 15) is 0 Å². The third-order valence-corrected chi connectivity index (χ3v) is 3.98. The zero-order chi connectivity index (χ0) is 14.3. The molecule has 0 aliphatic carbocycles. The molecule has 1 heterocycles. The van der Waals surface area contributed by atoms with Crippen LogP contribution >= 0.6 is 27.5 Å². The molecule has 0 saturated heterocycles. The lowest BCUT2D eigenvalue weighted by molar-refractivity contribution is 0.978. The Morgan fingerprint density at radius 1 is 1.10 bits per heavy atom. The molecule has 0 spiro atoms. The predicted molar refractivity (Wildman–Crippen MR) is 87.8 cm³/mol. The zero-order valence-corrected chi connectivity index (χ0v) is 13.7.